The lowest BCUT2D eigenvalue weighted by Gasteiger charge is -2.23. The number of halogens is 1. The van der Waals surface area contributed by atoms with Gasteiger partial charge in [-0.25, -0.2) is 4.39 Å². The molecule has 1 amide bonds. The van der Waals surface area contributed by atoms with Crippen LogP contribution in [-0.4, -0.2) is 17.4 Å². The Morgan fingerprint density at radius 2 is 1.91 bits per heavy atom. The second kappa shape index (κ2) is 7.71. The maximum absolute atomic E-state index is 13.2. The zero-order chi connectivity index (χ0) is 15.9. The summed E-state index contributed by atoms with van der Waals surface area (Å²) in [7, 11) is 0. The van der Waals surface area contributed by atoms with Crippen molar-refractivity contribution in [1.82, 2.24) is 4.90 Å². The van der Waals surface area contributed by atoms with E-state index in [0.717, 1.165) is 11.1 Å². The highest BCUT2D eigenvalue weighted by Gasteiger charge is 2.17. The average molecular weight is 300 g/mol. The summed E-state index contributed by atoms with van der Waals surface area (Å²) < 4.78 is 13.2. The molecular formula is C18H21FN2O. The molecule has 0 radical (unpaired) electrons. The maximum atomic E-state index is 13.2. The molecule has 0 aromatic heterocycles. The molecule has 0 saturated heterocycles. The van der Waals surface area contributed by atoms with Crippen molar-refractivity contribution in [2.75, 3.05) is 6.54 Å². The van der Waals surface area contributed by atoms with E-state index in [1.807, 2.05) is 43.3 Å². The van der Waals surface area contributed by atoms with E-state index in [1.165, 1.54) is 12.1 Å². The van der Waals surface area contributed by atoms with Gasteiger partial charge in [-0.1, -0.05) is 42.5 Å². The summed E-state index contributed by atoms with van der Waals surface area (Å²) in [5.41, 5.74) is 7.82. The third-order valence-electron chi connectivity index (χ3n) is 3.62. The summed E-state index contributed by atoms with van der Waals surface area (Å²) in [5, 5.41) is 0. The fourth-order valence-electron chi connectivity index (χ4n) is 2.37. The number of amides is 1. The van der Waals surface area contributed by atoms with Crippen molar-refractivity contribution in [2.24, 2.45) is 5.73 Å². The molecule has 0 spiro atoms. The van der Waals surface area contributed by atoms with Gasteiger partial charge in [-0.2, -0.15) is 0 Å². The number of nitrogens with zero attached hydrogens (tertiary/aromatic N) is 1. The first kappa shape index (κ1) is 16.2. The minimum absolute atomic E-state index is 0.0249. The molecule has 2 aromatic carbocycles. The zero-order valence-corrected chi connectivity index (χ0v) is 12.7. The SMILES string of the molecule is CCN(Cc1cccc(F)c1)C(=O)CC(N)c1ccccc1. The van der Waals surface area contributed by atoms with Gasteiger partial charge in [0.05, 0.1) is 0 Å². The normalized spacial score (nSPS) is 12.0. The minimum atomic E-state index is -0.324. The predicted molar refractivity (Wildman–Crippen MR) is 85.5 cm³/mol. The lowest BCUT2D eigenvalue weighted by molar-refractivity contribution is -0.132. The van der Waals surface area contributed by atoms with Crippen molar-refractivity contribution in [3.05, 3.63) is 71.5 Å². The van der Waals surface area contributed by atoms with Crippen LogP contribution in [0, 0.1) is 5.82 Å². The van der Waals surface area contributed by atoms with Crippen LogP contribution >= 0.6 is 0 Å². The van der Waals surface area contributed by atoms with Crippen molar-refractivity contribution in [3.63, 3.8) is 0 Å². The molecule has 0 fully saturated rings. The van der Waals surface area contributed by atoms with Crippen LogP contribution in [0.4, 0.5) is 4.39 Å². The van der Waals surface area contributed by atoms with E-state index in [0.29, 0.717) is 13.1 Å². The van der Waals surface area contributed by atoms with Gasteiger partial charge < -0.3 is 10.6 Å². The first-order valence-corrected chi connectivity index (χ1v) is 7.43. The number of carbonyl (C=O) groups is 1. The molecule has 22 heavy (non-hydrogen) atoms. The van der Waals surface area contributed by atoms with Crippen molar-refractivity contribution >= 4 is 5.91 Å². The molecule has 0 saturated carbocycles. The van der Waals surface area contributed by atoms with Crippen molar-refractivity contribution in [2.45, 2.75) is 25.9 Å². The molecule has 1 atom stereocenters. The number of rotatable bonds is 6. The molecule has 116 valence electrons. The largest absolute Gasteiger partial charge is 0.339 e. The van der Waals surface area contributed by atoms with Crippen LogP contribution in [-0.2, 0) is 11.3 Å². The van der Waals surface area contributed by atoms with Crippen molar-refractivity contribution in [1.29, 1.82) is 0 Å². The van der Waals surface area contributed by atoms with Gasteiger partial charge in [0.1, 0.15) is 5.82 Å². The van der Waals surface area contributed by atoms with Crippen LogP contribution in [0.1, 0.15) is 30.5 Å². The number of hydrogen-bond donors (Lipinski definition) is 1. The van der Waals surface area contributed by atoms with E-state index in [-0.39, 0.29) is 24.2 Å². The zero-order valence-electron chi connectivity index (χ0n) is 12.7. The Balaban J connectivity index is 2.00. The summed E-state index contributed by atoms with van der Waals surface area (Å²) in [5.74, 6) is -0.315. The summed E-state index contributed by atoms with van der Waals surface area (Å²) in [6, 6.07) is 15.6. The molecule has 0 aliphatic heterocycles. The fourth-order valence-corrected chi connectivity index (χ4v) is 2.37. The molecular weight excluding hydrogens is 279 g/mol. The van der Waals surface area contributed by atoms with Crippen LogP contribution in [0.15, 0.2) is 54.6 Å². The smallest absolute Gasteiger partial charge is 0.224 e. The highest BCUT2D eigenvalue weighted by molar-refractivity contribution is 5.77. The molecule has 2 rings (SSSR count). The number of benzene rings is 2. The molecule has 3 nitrogen and oxygen atoms in total. The molecule has 4 heteroatoms. The average Bonchev–Trinajstić information content (AvgIpc) is 2.53. The van der Waals surface area contributed by atoms with Gasteiger partial charge in [-0.05, 0) is 30.2 Å². The summed E-state index contributed by atoms with van der Waals surface area (Å²) in [4.78, 5) is 14.1. The standard InChI is InChI=1S/C18H21FN2O/c1-2-21(13-14-7-6-10-16(19)11-14)18(22)12-17(20)15-8-4-3-5-9-15/h3-11,17H,2,12-13,20H2,1H3. The van der Waals surface area contributed by atoms with Gasteiger partial charge >= 0.3 is 0 Å². The first-order valence-electron chi connectivity index (χ1n) is 7.43. The van der Waals surface area contributed by atoms with Gasteiger partial charge in [-0.3, -0.25) is 4.79 Å². The summed E-state index contributed by atoms with van der Waals surface area (Å²) in [6.07, 6.45) is 0.243. The van der Waals surface area contributed by atoms with Crippen molar-refractivity contribution < 1.29 is 9.18 Å². The van der Waals surface area contributed by atoms with Gasteiger partial charge in [0, 0.05) is 25.6 Å². The molecule has 1 unspecified atom stereocenters. The minimum Gasteiger partial charge on any atom is -0.339 e. The Morgan fingerprint density at radius 1 is 1.18 bits per heavy atom. The fraction of sp³-hybridized carbons (Fsp3) is 0.278. The van der Waals surface area contributed by atoms with Gasteiger partial charge in [-0.15, -0.1) is 0 Å². The molecule has 0 heterocycles. The lowest BCUT2D eigenvalue weighted by atomic mass is 10.0. The van der Waals surface area contributed by atoms with Crippen LogP contribution in [0.5, 0.6) is 0 Å². The van der Waals surface area contributed by atoms with Gasteiger partial charge in [0.25, 0.3) is 0 Å². The molecule has 0 bridgehead atoms. The summed E-state index contributed by atoms with van der Waals surface area (Å²) >= 11 is 0. The second-order valence-corrected chi connectivity index (χ2v) is 5.26. The monoisotopic (exact) mass is 300 g/mol. The first-order chi connectivity index (χ1) is 10.6. The van der Waals surface area contributed by atoms with Crippen LogP contribution in [0.3, 0.4) is 0 Å². The number of carbonyl (C=O) groups excluding carboxylic acids is 1. The molecule has 2 aromatic rings. The Hall–Kier alpha value is -2.20. The third kappa shape index (κ3) is 4.40. The van der Waals surface area contributed by atoms with E-state index >= 15 is 0 Å². The van der Waals surface area contributed by atoms with E-state index in [9.17, 15) is 9.18 Å². The third-order valence-corrected chi connectivity index (χ3v) is 3.62. The second-order valence-electron chi connectivity index (χ2n) is 5.26. The van der Waals surface area contributed by atoms with Gasteiger partial charge in [0.15, 0.2) is 0 Å². The highest BCUT2D eigenvalue weighted by atomic mass is 19.1. The van der Waals surface area contributed by atoms with Crippen LogP contribution in [0.25, 0.3) is 0 Å². The van der Waals surface area contributed by atoms with Crippen LogP contribution < -0.4 is 5.73 Å². The van der Waals surface area contributed by atoms with Crippen LogP contribution in [0.2, 0.25) is 0 Å². The van der Waals surface area contributed by atoms with Gasteiger partial charge in [0.2, 0.25) is 5.91 Å². The quantitative estimate of drug-likeness (QED) is 0.890. The molecule has 2 N–H and O–H groups in total. The Bertz CT molecular complexity index is 615. The van der Waals surface area contributed by atoms with E-state index < -0.39 is 0 Å². The summed E-state index contributed by atoms with van der Waals surface area (Å²) in [6.45, 7) is 2.87. The van der Waals surface area contributed by atoms with Crippen molar-refractivity contribution in [3.8, 4) is 0 Å². The topological polar surface area (TPSA) is 46.3 Å². The number of hydrogen-bond acceptors (Lipinski definition) is 2. The Labute approximate surface area is 130 Å². The van der Waals surface area contributed by atoms with E-state index in [2.05, 4.69) is 0 Å². The molecule has 0 aliphatic rings. The highest BCUT2D eigenvalue weighted by Crippen LogP contribution is 2.16. The van der Waals surface area contributed by atoms with E-state index in [4.69, 9.17) is 5.73 Å². The Morgan fingerprint density at radius 3 is 2.55 bits per heavy atom. The Kier molecular flexibility index (Phi) is 5.67. The maximum Gasteiger partial charge on any atom is 0.224 e. The molecule has 0 aliphatic carbocycles. The number of nitrogens with two attached hydrogens (primary N) is 1. The predicted octanol–water partition coefficient (Wildman–Crippen LogP) is 3.26. The van der Waals surface area contributed by atoms with E-state index in [1.54, 1.807) is 11.0 Å². The lowest BCUT2D eigenvalue weighted by Crippen LogP contribution is -2.32.